The molecule has 1 aliphatic carbocycles. The van der Waals surface area contributed by atoms with Crippen LogP contribution in [-0.4, -0.2) is 29.5 Å². The second-order valence-electron chi connectivity index (χ2n) is 4.92. The molecule has 0 aromatic heterocycles. The van der Waals surface area contributed by atoms with Gasteiger partial charge in [-0.25, -0.2) is 0 Å². The van der Waals surface area contributed by atoms with Crippen molar-refractivity contribution in [2.45, 2.75) is 31.8 Å². The lowest BCUT2D eigenvalue weighted by Crippen LogP contribution is -2.44. The maximum Gasteiger partial charge on any atom is 0.292 e. The van der Waals surface area contributed by atoms with E-state index in [1.807, 2.05) is 6.92 Å². The van der Waals surface area contributed by atoms with Crippen molar-refractivity contribution in [3.05, 3.63) is 33.9 Å². The highest BCUT2D eigenvalue weighted by Crippen LogP contribution is 2.30. The first-order valence-corrected chi connectivity index (χ1v) is 6.60. The van der Waals surface area contributed by atoms with Crippen LogP contribution in [0.25, 0.3) is 0 Å². The van der Waals surface area contributed by atoms with Gasteiger partial charge >= 0.3 is 0 Å². The molecule has 0 saturated heterocycles. The van der Waals surface area contributed by atoms with Crippen LogP contribution in [0.1, 0.15) is 30.1 Å². The Labute approximate surface area is 116 Å². The molecule has 1 aliphatic rings. The van der Waals surface area contributed by atoms with Gasteiger partial charge in [-0.2, -0.15) is 0 Å². The molecule has 7 nitrogen and oxygen atoms in total. The van der Waals surface area contributed by atoms with Gasteiger partial charge in [-0.05, 0) is 31.9 Å². The molecule has 0 spiro atoms. The highest BCUT2D eigenvalue weighted by Gasteiger charge is 2.28. The number of nitro groups is 1. The lowest BCUT2D eigenvalue weighted by atomic mass is 9.87. The number of hydrogen-bond acceptors (Lipinski definition) is 5. The lowest BCUT2D eigenvalue weighted by Gasteiger charge is -2.33. The van der Waals surface area contributed by atoms with Gasteiger partial charge in [0.1, 0.15) is 5.69 Å². The second kappa shape index (κ2) is 5.87. The molecule has 108 valence electrons. The number of hydrogen-bond donors (Lipinski definition) is 3. The summed E-state index contributed by atoms with van der Waals surface area (Å²) in [6.45, 7) is 2.33. The van der Waals surface area contributed by atoms with Crippen LogP contribution < -0.4 is 16.4 Å². The van der Waals surface area contributed by atoms with Crippen LogP contribution in [-0.2, 0) is 0 Å². The number of carbonyl (C=O) groups is 1. The van der Waals surface area contributed by atoms with Gasteiger partial charge in [0.2, 0.25) is 0 Å². The maximum atomic E-state index is 11.8. The normalized spacial score (nSPS) is 20.9. The van der Waals surface area contributed by atoms with Crippen LogP contribution in [0.5, 0.6) is 0 Å². The Morgan fingerprint density at radius 2 is 2.20 bits per heavy atom. The van der Waals surface area contributed by atoms with Gasteiger partial charge in [0.05, 0.1) is 4.92 Å². The van der Waals surface area contributed by atoms with Gasteiger partial charge in [-0.3, -0.25) is 14.9 Å². The highest BCUT2D eigenvalue weighted by molar-refractivity contribution is 5.95. The average molecular weight is 278 g/mol. The second-order valence-corrected chi connectivity index (χ2v) is 4.92. The van der Waals surface area contributed by atoms with E-state index in [0.717, 1.165) is 12.8 Å². The maximum absolute atomic E-state index is 11.8. The lowest BCUT2D eigenvalue weighted by molar-refractivity contribution is -0.384. The summed E-state index contributed by atoms with van der Waals surface area (Å²) in [7, 11) is 0. The van der Waals surface area contributed by atoms with E-state index in [1.165, 1.54) is 18.2 Å². The van der Waals surface area contributed by atoms with Crippen LogP contribution >= 0.6 is 0 Å². The molecule has 0 unspecified atom stereocenters. The predicted octanol–water partition coefficient (Wildman–Crippen LogP) is 1.25. The van der Waals surface area contributed by atoms with E-state index in [2.05, 4.69) is 10.6 Å². The van der Waals surface area contributed by atoms with Gasteiger partial charge < -0.3 is 16.4 Å². The Morgan fingerprint density at radius 3 is 2.75 bits per heavy atom. The van der Waals surface area contributed by atoms with Crippen LogP contribution in [0.3, 0.4) is 0 Å². The van der Waals surface area contributed by atoms with Crippen molar-refractivity contribution in [3.63, 3.8) is 0 Å². The summed E-state index contributed by atoms with van der Waals surface area (Å²) in [5.74, 6) is -0.240. The molecule has 1 fully saturated rings. The van der Waals surface area contributed by atoms with E-state index >= 15 is 0 Å². The van der Waals surface area contributed by atoms with Gasteiger partial charge in [-0.15, -0.1) is 0 Å². The summed E-state index contributed by atoms with van der Waals surface area (Å²) in [4.78, 5) is 22.3. The minimum absolute atomic E-state index is 0.0291. The molecule has 0 aliphatic heterocycles. The van der Waals surface area contributed by atoms with Gasteiger partial charge in [0.15, 0.2) is 0 Å². The number of benzene rings is 1. The van der Waals surface area contributed by atoms with E-state index in [1.54, 1.807) is 0 Å². The Kier molecular flexibility index (Phi) is 4.19. The summed E-state index contributed by atoms with van der Waals surface area (Å²) in [6.07, 6.45) is 1.56. The summed E-state index contributed by atoms with van der Waals surface area (Å²) in [6, 6.07) is 4.62. The molecule has 4 N–H and O–H groups in total. The van der Waals surface area contributed by atoms with Crippen LogP contribution in [0.2, 0.25) is 0 Å². The van der Waals surface area contributed by atoms with Crippen molar-refractivity contribution in [1.29, 1.82) is 0 Å². The van der Waals surface area contributed by atoms with Crippen LogP contribution in [0.4, 0.5) is 11.4 Å². The fourth-order valence-electron chi connectivity index (χ4n) is 2.21. The molecule has 20 heavy (non-hydrogen) atoms. The first-order valence-electron chi connectivity index (χ1n) is 6.60. The predicted molar refractivity (Wildman–Crippen MR) is 75.7 cm³/mol. The molecule has 0 heterocycles. The summed E-state index contributed by atoms with van der Waals surface area (Å²) >= 11 is 0. The largest absolute Gasteiger partial charge is 0.377 e. The standard InChI is InChI=1S/C13H18N4O3/c1-2-15-13(18)8-3-4-12(17(19)20)11(5-8)16-10-6-9(14)7-10/h3-5,9-10,16H,2,6-7,14H2,1H3,(H,15,18). The molecule has 0 atom stereocenters. The Balaban J connectivity index is 2.22. The molecular weight excluding hydrogens is 260 g/mol. The molecule has 0 bridgehead atoms. The quantitative estimate of drug-likeness (QED) is 0.554. The zero-order valence-electron chi connectivity index (χ0n) is 11.3. The smallest absolute Gasteiger partial charge is 0.292 e. The number of anilines is 1. The van der Waals surface area contributed by atoms with Gasteiger partial charge in [0, 0.05) is 30.3 Å². The molecule has 1 aromatic rings. The van der Waals surface area contributed by atoms with Gasteiger partial charge in [0.25, 0.3) is 11.6 Å². The first kappa shape index (κ1) is 14.3. The van der Waals surface area contributed by atoms with Crippen molar-refractivity contribution in [2.24, 2.45) is 5.73 Å². The van der Waals surface area contributed by atoms with E-state index < -0.39 is 4.92 Å². The van der Waals surface area contributed by atoms with Crippen LogP contribution in [0, 0.1) is 10.1 Å². The average Bonchev–Trinajstić information content (AvgIpc) is 2.36. The molecule has 1 amide bonds. The molecule has 1 saturated carbocycles. The third-order valence-electron chi connectivity index (χ3n) is 3.33. The zero-order valence-corrected chi connectivity index (χ0v) is 11.3. The summed E-state index contributed by atoms with van der Waals surface area (Å²) in [5.41, 5.74) is 6.45. The Morgan fingerprint density at radius 1 is 1.50 bits per heavy atom. The van der Waals surface area contributed by atoms with E-state index in [9.17, 15) is 14.9 Å². The molecule has 2 rings (SSSR count). The first-order chi connectivity index (χ1) is 9.51. The Hall–Kier alpha value is -2.15. The monoisotopic (exact) mass is 278 g/mol. The van der Waals surface area contributed by atoms with E-state index in [-0.39, 0.29) is 23.7 Å². The van der Waals surface area contributed by atoms with Crippen molar-refractivity contribution in [3.8, 4) is 0 Å². The fraction of sp³-hybridized carbons (Fsp3) is 0.462. The van der Waals surface area contributed by atoms with E-state index in [4.69, 9.17) is 5.73 Å². The van der Waals surface area contributed by atoms with Crippen molar-refractivity contribution < 1.29 is 9.72 Å². The van der Waals surface area contributed by atoms with Crippen molar-refractivity contribution >= 4 is 17.3 Å². The van der Waals surface area contributed by atoms with Crippen LogP contribution in [0.15, 0.2) is 18.2 Å². The summed E-state index contributed by atoms with van der Waals surface area (Å²) in [5, 5.41) is 16.8. The number of nitrogens with one attached hydrogen (secondary N) is 2. The third kappa shape index (κ3) is 3.05. The van der Waals surface area contributed by atoms with Crippen molar-refractivity contribution in [2.75, 3.05) is 11.9 Å². The number of rotatable bonds is 5. The third-order valence-corrected chi connectivity index (χ3v) is 3.33. The highest BCUT2D eigenvalue weighted by atomic mass is 16.6. The summed E-state index contributed by atoms with van der Waals surface area (Å²) < 4.78 is 0. The topological polar surface area (TPSA) is 110 Å². The number of nitrogens with zero attached hydrogens (tertiary/aromatic N) is 1. The number of nitrogens with two attached hydrogens (primary N) is 1. The van der Waals surface area contributed by atoms with Gasteiger partial charge in [-0.1, -0.05) is 0 Å². The minimum Gasteiger partial charge on any atom is -0.377 e. The molecular formula is C13H18N4O3. The van der Waals surface area contributed by atoms with E-state index in [0.29, 0.717) is 17.8 Å². The number of amides is 1. The number of carbonyl (C=O) groups excluding carboxylic acids is 1. The SMILES string of the molecule is CCNC(=O)c1ccc([N+](=O)[O-])c(NC2CC(N)C2)c1. The fourth-order valence-corrected chi connectivity index (χ4v) is 2.21. The molecule has 0 radical (unpaired) electrons. The zero-order chi connectivity index (χ0) is 14.7. The molecule has 1 aromatic carbocycles. The molecule has 7 heteroatoms. The minimum atomic E-state index is -0.456. The Bertz CT molecular complexity index is 526. The van der Waals surface area contributed by atoms with Crippen molar-refractivity contribution in [1.82, 2.24) is 5.32 Å². The number of nitro benzene ring substituents is 1.